The Kier molecular flexibility index (Phi) is 5.25. The van der Waals surface area contributed by atoms with E-state index >= 15 is 0 Å². The quantitative estimate of drug-likeness (QED) is 0.147. The van der Waals surface area contributed by atoms with Crippen molar-refractivity contribution in [1.29, 1.82) is 0 Å². The fourth-order valence-electron chi connectivity index (χ4n) is 4.34. The Hall–Kier alpha value is -1.12. The van der Waals surface area contributed by atoms with Crippen molar-refractivity contribution in [2.24, 2.45) is 23.7 Å². The maximum absolute atomic E-state index is 14.1. The number of amides is 2. The number of allylic oxidation sites excluding steroid dienone is 2. The van der Waals surface area contributed by atoms with Crippen molar-refractivity contribution in [1.82, 2.24) is 9.37 Å². The molecule has 0 N–H and O–H groups in total. The number of imide groups is 1. The van der Waals surface area contributed by atoms with Crippen molar-refractivity contribution >= 4 is 33.9 Å². The van der Waals surface area contributed by atoms with Gasteiger partial charge in [-0.3, -0.25) is 9.59 Å². The van der Waals surface area contributed by atoms with Crippen LogP contribution in [-0.2, 0) is 34.0 Å². The van der Waals surface area contributed by atoms with Gasteiger partial charge in [0.25, 0.3) is 21.8 Å². The summed E-state index contributed by atoms with van der Waals surface area (Å²) in [7, 11) is -4.95. The number of sulfonamides is 1. The first-order valence-electron chi connectivity index (χ1n) is 8.87. The molecule has 2 aliphatic carbocycles. The van der Waals surface area contributed by atoms with Crippen molar-refractivity contribution in [3.63, 3.8) is 0 Å². The number of carbonyl (C=O) groups is 2. The van der Waals surface area contributed by atoms with Crippen LogP contribution in [0.25, 0.3) is 0 Å². The topological polar surface area (TPSA) is 102 Å². The van der Waals surface area contributed by atoms with E-state index in [2.05, 4.69) is 14.4 Å². The number of hydroxylamine groups is 2. The Morgan fingerprint density at radius 1 is 1.04 bits per heavy atom. The average molecular weight is 440 g/mol. The molecule has 28 heavy (non-hydrogen) atoms. The van der Waals surface area contributed by atoms with Crippen LogP contribution >= 0.6 is 12.0 Å². The number of rotatable bonds is 7. The number of hydrogen-bond donors (Lipinski definition) is 0. The molecule has 4 unspecified atom stereocenters. The van der Waals surface area contributed by atoms with Gasteiger partial charge >= 0.3 is 4.59 Å². The number of alkyl halides is 2. The van der Waals surface area contributed by atoms with Crippen LogP contribution in [0.2, 0.25) is 0 Å². The molecule has 2 amide bonds. The highest BCUT2D eigenvalue weighted by molar-refractivity contribution is 8.10. The number of nitrogens with zero attached hydrogens (tertiary/aromatic N) is 2. The van der Waals surface area contributed by atoms with Gasteiger partial charge < -0.3 is 0 Å². The first-order chi connectivity index (χ1) is 13.2. The zero-order chi connectivity index (χ0) is 20.1. The van der Waals surface area contributed by atoms with Gasteiger partial charge in [-0.05, 0) is 36.1 Å². The molecule has 0 aromatic heterocycles. The third kappa shape index (κ3) is 3.17. The van der Waals surface area contributed by atoms with E-state index in [1.54, 1.807) is 0 Å². The van der Waals surface area contributed by atoms with Gasteiger partial charge in [0.05, 0.1) is 11.8 Å². The minimum Gasteiger partial charge on any atom is -0.272 e. The summed E-state index contributed by atoms with van der Waals surface area (Å²) in [4.78, 5) is 29.1. The van der Waals surface area contributed by atoms with Gasteiger partial charge in [0.15, 0.2) is 0 Å². The predicted octanol–water partition coefficient (Wildman–Crippen LogP) is 1.60. The van der Waals surface area contributed by atoms with Gasteiger partial charge in [-0.1, -0.05) is 23.6 Å². The fraction of sp³-hybridized carbons (Fsp3) is 0.733. The summed E-state index contributed by atoms with van der Waals surface area (Å²) < 4.78 is 52.6. The molecule has 2 heterocycles. The number of piperidine rings is 1. The van der Waals surface area contributed by atoms with Crippen LogP contribution in [0.15, 0.2) is 12.2 Å². The molecule has 1 saturated carbocycles. The summed E-state index contributed by atoms with van der Waals surface area (Å²) >= 11 is -0.772. The molecule has 156 valence electrons. The Morgan fingerprint density at radius 2 is 1.61 bits per heavy atom. The molecule has 0 spiro atoms. The summed E-state index contributed by atoms with van der Waals surface area (Å²) in [6.07, 6.45) is 6.24. The van der Waals surface area contributed by atoms with Gasteiger partial charge in [0.2, 0.25) is 0 Å². The molecule has 3 fully saturated rings. The van der Waals surface area contributed by atoms with Crippen LogP contribution in [0.3, 0.4) is 0 Å². The maximum atomic E-state index is 14.1. The smallest absolute Gasteiger partial charge is 0.272 e. The van der Waals surface area contributed by atoms with E-state index in [-0.39, 0.29) is 24.9 Å². The summed E-state index contributed by atoms with van der Waals surface area (Å²) in [5.41, 5.74) is 0. The molecule has 4 rings (SSSR count). The van der Waals surface area contributed by atoms with E-state index in [4.69, 9.17) is 0 Å². The number of fused-ring (bicyclic) bond motifs is 5. The molecule has 0 aromatic carbocycles. The van der Waals surface area contributed by atoms with Crippen LogP contribution in [0.1, 0.15) is 25.7 Å². The number of hydrogen-bond acceptors (Lipinski definition) is 8. The Balaban J connectivity index is 1.30. The lowest BCUT2D eigenvalue weighted by atomic mass is 9.85. The predicted molar refractivity (Wildman–Crippen MR) is 89.7 cm³/mol. The van der Waals surface area contributed by atoms with E-state index in [9.17, 15) is 26.8 Å². The summed E-state index contributed by atoms with van der Waals surface area (Å²) in [5.74, 6) is -2.50. The van der Waals surface area contributed by atoms with Crippen LogP contribution in [-0.4, -0.2) is 47.3 Å². The van der Waals surface area contributed by atoms with E-state index in [0.717, 1.165) is 6.42 Å². The van der Waals surface area contributed by atoms with Crippen LogP contribution < -0.4 is 0 Å². The summed E-state index contributed by atoms with van der Waals surface area (Å²) in [5, 5.41) is 4.44. The van der Waals surface area contributed by atoms with Crippen molar-refractivity contribution in [2.45, 2.75) is 30.3 Å². The van der Waals surface area contributed by atoms with Crippen molar-refractivity contribution in [3.8, 4) is 0 Å². The first-order valence-corrected chi connectivity index (χ1v) is 11.0. The fourth-order valence-corrected chi connectivity index (χ4v) is 6.26. The van der Waals surface area contributed by atoms with E-state index < -0.39 is 50.3 Å². The molecule has 13 heteroatoms. The first kappa shape index (κ1) is 20.2. The minimum absolute atomic E-state index is 0.00572. The second-order valence-electron chi connectivity index (χ2n) is 7.19. The minimum atomic E-state index is -4.95. The Bertz CT molecular complexity index is 770. The Morgan fingerprint density at radius 3 is 2.18 bits per heavy atom. The van der Waals surface area contributed by atoms with Crippen molar-refractivity contribution < 1.29 is 41.1 Å². The molecule has 2 saturated heterocycles. The van der Waals surface area contributed by atoms with E-state index in [1.807, 2.05) is 12.2 Å². The second-order valence-corrected chi connectivity index (χ2v) is 10.2. The van der Waals surface area contributed by atoms with E-state index in [1.165, 1.54) is 0 Å². The van der Waals surface area contributed by atoms with Crippen LogP contribution in [0.5, 0.6) is 0 Å². The van der Waals surface area contributed by atoms with Crippen molar-refractivity contribution in [3.05, 3.63) is 12.2 Å². The van der Waals surface area contributed by atoms with Crippen LogP contribution in [0.4, 0.5) is 8.78 Å². The van der Waals surface area contributed by atoms with Gasteiger partial charge in [0.1, 0.15) is 12.0 Å². The molecule has 0 radical (unpaired) electrons. The number of carbonyl (C=O) groups excluding carboxylic acids is 2. The maximum Gasteiger partial charge on any atom is 0.433 e. The molecule has 0 aromatic rings. The Labute approximate surface area is 164 Å². The highest BCUT2D eigenvalue weighted by atomic mass is 32.3. The normalized spacial score (nSPS) is 33.1. The largest absolute Gasteiger partial charge is 0.433 e. The van der Waals surface area contributed by atoms with Gasteiger partial charge in [-0.2, -0.15) is 13.1 Å². The lowest BCUT2D eigenvalue weighted by Gasteiger charge is -2.28. The molecule has 4 atom stereocenters. The van der Waals surface area contributed by atoms with Crippen LogP contribution in [0, 0.1) is 23.7 Å². The molecular weight excluding hydrogens is 422 g/mol. The van der Waals surface area contributed by atoms with E-state index in [0.29, 0.717) is 28.6 Å². The van der Waals surface area contributed by atoms with Gasteiger partial charge in [-0.25, -0.2) is 8.42 Å². The van der Waals surface area contributed by atoms with Crippen molar-refractivity contribution in [2.75, 3.05) is 13.1 Å². The highest BCUT2D eigenvalue weighted by Crippen LogP contribution is 2.52. The molecule has 4 aliphatic rings. The third-order valence-electron chi connectivity index (χ3n) is 5.65. The number of halogens is 2. The molecule has 2 aliphatic heterocycles. The highest BCUT2D eigenvalue weighted by Gasteiger charge is 2.60. The van der Waals surface area contributed by atoms with Gasteiger partial charge in [0, 0.05) is 13.1 Å². The average Bonchev–Trinajstić information content (AvgIpc) is 3.34. The summed E-state index contributed by atoms with van der Waals surface area (Å²) in [6, 6.07) is 0. The third-order valence-corrected chi connectivity index (χ3v) is 8.45. The second kappa shape index (κ2) is 7.29. The van der Waals surface area contributed by atoms with Gasteiger partial charge in [-0.15, -0.1) is 9.40 Å². The standard InChI is InChI=1S/C15H18F2N2O7S2/c16-15(17,28(22,23)18-6-2-1-3-7-18)27-26-25-24-19-13(20)11-9-4-5-10(8-9)12(11)14(19)21/h4-5,9-12H,1-3,6-8H2. The molecule has 9 nitrogen and oxygen atoms in total. The lowest BCUT2D eigenvalue weighted by Crippen LogP contribution is -2.44. The SMILES string of the molecule is O=C1C2C3C=CC(C3)C2C(=O)N1OOOSC(F)(F)S(=O)(=O)N1CCCCC1. The monoisotopic (exact) mass is 440 g/mol. The zero-order valence-corrected chi connectivity index (χ0v) is 16.2. The summed E-state index contributed by atoms with van der Waals surface area (Å²) in [6.45, 7) is 0.0114. The lowest BCUT2D eigenvalue weighted by molar-refractivity contribution is -0.520. The molecule has 2 bridgehead atoms. The molecular formula is C15H18F2N2O7S2. The zero-order valence-electron chi connectivity index (χ0n) is 14.5.